The molecule has 12 heteroatoms. The molecule has 0 aliphatic carbocycles. The average molecular weight is 333 g/mol. The Balaban J connectivity index is 2.78. The van der Waals surface area contributed by atoms with E-state index in [0.29, 0.717) is 4.57 Å². The monoisotopic (exact) mass is 333 g/mol. The minimum atomic E-state index is -5.84. The predicted octanol–water partition coefficient (Wildman–Crippen LogP) is 2.18. The van der Waals surface area contributed by atoms with E-state index in [1.807, 2.05) is 0 Å². The van der Waals surface area contributed by atoms with Crippen molar-refractivity contribution in [1.29, 1.82) is 0 Å². The highest BCUT2D eigenvalue weighted by molar-refractivity contribution is 5.76. The van der Waals surface area contributed by atoms with Crippen molar-refractivity contribution in [3.8, 4) is 0 Å². The largest absolute Gasteiger partial charge is 0.455 e. The van der Waals surface area contributed by atoms with E-state index in [1.54, 1.807) is 0 Å². The van der Waals surface area contributed by atoms with Gasteiger partial charge in [0.15, 0.2) is 13.2 Å². The maximum Gasteiger partial charge on any atom is 0.455 e. The van der Waals surface area contributed by atoms with Gasteiger partial charge < -0.3 is 15.4 Å². The van der Waals surface area contributed by atoms with Gasteiger partial charge in [0.05, 0.1) is 6.54 Å². The molecule has 1 amide bonds. The third-order valence-corrected chi connectivity index (χ3v) is 2.60. The summed E-state index contributed by atoms with van der Waals surface area (Å²) in [5.41, 5.74) is -0.288. The summed E-state index contributed by atoms with van der Waals surface area (Å²) >= 11 is 0. The first kappa shape index (κ1) is 17.8. The SMILES string of the molecule is O=C(Cn1c(CF)ccc1[N+](=O)[O-])NCC(F)(F)C(F)(F)F. The molecule has 1 heterocycles. The second kappa shape index (κ2) is 6.23. The van der Waals surface area contributed by atoms with E-state index in [-0.39, 0.29) is 5.69 Å². The van der Waals surface area contributed by atoms with Crippen molar-refractivity contribution in [3.63, 3.8) is 0 Å². The lowest BCUT2D eigenvalue weighted by atomic mass is 10.3. The van der Waals surface area contributed by atoms with E-state index in [1.165, 1.54) is 5.32 Å². The van der Waals surface area contributed by atoms with Crippen molar-refractivity contribution >= 4 is 11.7 Å². The Morgan fingerprint density at radius 3 is 2.32 bits per heavy atom. The molecule has 22 heavy (non-hydrogen) atoms. The predicted molar refractivity (Wildman–Crippen MR) is 59.9 cm³/mol. The Morgan fingerprint density at radius 2 is 1.86 bits per heavy atom. The van der Waals surface area contributed by atoms with E-state index < -0.39 is 48.5 Å². The molecule has 0 saturated heterocycles. The number of hydrogen-bond donors (Lipinski definition) is 1. The number of amides is 1. The summed E-state index contributed by atoms with van der Waals surface area (Å²) in [6.45, 7) is -4.16. The van der Waals surface area contributed by atoms with E-state index >= 15 is 0 Å². The normalized spacial score (nSPS) is 12.3. The molecular formula is C10H9F6N3O3. The van der Waals surface area contributed by atoms with Crippen LogP contribution in [0.1, 0.15) is 5.69 Å². The van der Waals surface area contributed by atoms with Gasteiger partial charge in [0, 0.05) is 6.07 Å². The number of hydrogen-bond acceptors (Lipinski definition) is 3. The van der Waals surface area contributed by atoms with Gasteiger partial charge in [0.2, 0.25) is 0 Å². The molecule has 0 aromatic carbocycles. The lowest BCUT2D eigenvalue weighted by Gasteiger charge is -2.19. The first-order valence-electron chi connectivity index (χ1n) is 5.59. The van der Waals surface area contributed by atoms with Crippen LogP contribution >= 0.6 is 0 Å². The van der Waals surface area contributed by atoms with E-state index in [0.717, 1.165) is 12.1 Å². The molecule has 124 valence electrons. The minimum absolute atomic E-state index is 0.288. The summed E-state index contributed by atoms with van der Waals surface area (Å²) in [7, 11) is 0. The smallest absolute Gasteiger partial charge is 0.358 e. The molecule has 0 unspecified atom stereocenters. The van der Waals surface area contributed by atoms with Gasteiger partial charge in [-0.3, -0.25) is 4.79 Å². The number of alkyl halides is 6. The van der Waals surface area contributed by atoms with E-state index in [4.69, 9.17) is 0 Å². The fraction of sp³-hybridized carbons (Fsp3) is 0.500. The lowest BCUT2D eigenvalue weighted by Crippen LogP contribution is -2.47. The summed E-state index contributed by atoms with van der Waals surface area (Å²) in [4.78, 5) is 21.0. The fourth-order valence-corrected chi connectivity index (χ4v) is 1.47. The first-order valence-corrected chi connectivity index (χ1v) is 5.59. The maximum atomic E-state index is 12.6. The zero-order valence-electron chi connectivity index (χ0n) is 10.7. The van der Waals surface area contributed by atoms with Crippen LogP contribution in [0.25, 0.3) is 0 Å². The first-order chi connectivity index (χ1) is 9.99. The second-order valence-corrected chi connectivity index (χ2v) is 4.14. The summed E-state index contributed by atoms with van der Waals surface area (Å²) in [6, 6.07) is 1.88. The summed E-state index contributed by atoms with van der Waals surface area (Å²) < 4.78 is 74.1. The zero-order chi connectivity index (χ0) is 17.1. The topological polar surface area (TPSA) is 77.2 Å². The molecule has 1 aromatic heterocycles. The Kier molecular flexibility index (Phi) is 5.04. The van der Waals surface area contributed by atoms with Crippen LogP contribution in [0, 0.1) is 10.1 Å². The van der Waals surface area contributed by atoms with Crippen molar-refractivity contribution in [1.82, 2.24) is 9.88 Å². The van der Waals surface area contributed by atoms with Gasteiger partial charge in [-0.15, -0.1) is 0 Å². The van der Waals surface area contributed by atoms with Crippen molar-refractivity contribution in [2.45, 2.75) is 25.3 Å². The van der Waals surface area contributed by atoms with Crippen LogP contribution in [-0.2, 0) is 18.0 Å². The highest BCUT2D eigenvalue weighted by atomic mass is 19.4. The van der Waals surface area contributed by atoms with Gasteiger partial charge in [-0.25, -0.2) is 8.96 Å². The summed E-state index contributed by atoms with van der Waals surface area (Å²) in [5, 5.41) is 12.0. The third-order valence-electron chi connectivity index (χ3n) is 2.60. The molecule has 0 spiro atoms. The van der Waals surface area contributed by atoms with Gasteiger partial charge in [-0.1, -0.05) is 0 Å². The fourth-order valence-electron chi connectivity index (χ4n) is 1.47. The molecule has 0 aliphatic heterocycles. The molecule has 0 bridgehead atoms. The highest BCUT2D eigenvalue weighted by Gasteiger charge is 2.57. The van der Waals surface area contributed by atoms with Gasteiger partial charge >= 0.3 is 17.9 Å². The Hall–Kier alpha value is -2.27. The Morgan fingerprint density at radius 1 is 1.27 bits per heavy atom. The minimum Gasteiger partial charge on any atom is -0.358 e. The van der Waals surface area contributed by atoms with Crippen LogP contribution in [-0.4, -0.2) is 34.0 Å². The highest BCUT2D eigenvalue weighted by Crippen LogP contribution is 2.34. The molecule has 0 radical (unpaired) electrons. The van der Waals surface area contributed by atoms with Crippen LogP contribution in [0.3, 0.4) is 0 Å². The number of carbonyl (C=O) groups is 1. The number of aromatic nitrogens is 1. The number of rotatable bonds is 6. The van der Waals surface area contributed by atoms with Crippen molar-refractivity contribution in [2.75, 3.05) is 6.54 Å². The molecular weight excluding hydrogens is 324 g/mol. The third kappa shape index (κ3) is 3.89. The van der Waals surface area contributed by atoms with Crippen LogP contribution in [0.4, 0.5) is 32.2 Å². The molecule has 0 fully saturated rings. The molecule has 1 aromatic rings. The van der Waals surface area contributed by atoms with Crippen molar-refractivity contribution in [2.24, 2.45) is 0 Å². The van der Waals surface area contributed by atoms with Gasteiger partial charge in [0.25, 0.3) is 5.91 Å². The number of nitro groups is 1. The average Bonchev–Trinajstić information content (AvgIpc) is 2.78. The van der Waals surface area contributed by atoms with Crippen LogP contribution in [0.2, 0.25) is 0 Å². The molecule has 0 aliphatic rings. The van der Waals surface area contributed by atoms with Crippen LogP contribution in [0.5, 0.6) is 0 Å². The maximum absolute atomic E-state index is 12.6. The molecule has 1 rings (SSSR count). The number of nitrogens with zero attached hydrogens (tertiary/aromatic N) is 2. The molecule has 0 saturated carbocycles. The van der Waals surface area contributed by atoms with Gasteiger partial charge in [0.1, 0.15) is 5.69 Å². The zero-order valence-corrected chi connectivity index (χ0v) is 10.7. The number of halogens is 6. The van der Waals surface area contributed by atoms with E-state index in [9.17, 15) is 41.3 Å². The summed E-state index contributed by atoms with van der Waals surface area (Å²) in [6.07, 6.45) is -5.84. The molecule has 6 nitrogen and oxygen atoms in total. The summed E-state index contributed by atoms with van der Waals surface area (Å²) in [5.74, 6) is -7.18. The Labute approximate surface area is 118 Å². The molecule has 1 N–H and O–H groups in total. The number of carbonyl (C=O) groups excluding carboxylic acids is 1. The number of nitrogens with one attached hydrogen (secondary N) is 1. The standard InChI is InChI=1S/C10H9F6N3O3/c11-3-6-1-2-8(19(21)22)18(6)4-7(20)17-5-9(12,13)10(14,15)16/h1-2H,3-5H2,(H,17,20). The molecule has 0 atom stereocenters. The van der Waals surface area contributed by atoms with Gasteiger partial charge in [-0.05, 0) is 11.0 Å². The lowest BCUT2D eigenvalue weighted by molar-refractivity contribution is -0.392. The van der Waals surface area contributed by atoms with Crippen LogP contribution < -0.4 is 5.32 Å². The van der Waals surface area contributed by atoms with Gasteiger partial charge in [-0.2, -0.15) is 22.0 Å². The second-order valence-electron chi connectivity index (χ2n) is 4.14. The van der Waals surface area contributed by atoms with E-state index in [2.05, 4.69) is 0 Å². The quantitative estimate of drug-likeness (QED) is 0.492. The van der Waals surface area contributed by atoms with Crippen molar-refractivity contribution in [3.05, 3.63) is 27.9 Å². The Bertz CT molecular complexity index is 569. The van der Waals surface area contributed by atoms with Crippen LogP contribution in [0.15, 0.2) is 12.1 Å². The van der Waals surface area contributed by atoms with Crippen molar-refractivity contribution < 1.29 is 36.1 Å².